The molecule has 18 heavy (non-hydrogen) atoms. The molecular formula is C12H15FN2O3. The zero-order valence-electron chi connectivity index (χ0n) is 9.89. The van der Waals surface area contributed by atoms with Crippen molar-refractivity contribution in [2.24, 2.45) is 0 Å². The summed E-state index contributed by atoms with van der Waals surface area (Å²) in [6.07, 6.45) is 2.06. The highest BCUT2D eigenvalue weighted by Gasteiger charge is 2.16. The molecule has 2 rings (SSSR count). The molecule has 98 valence electrons. The first-order chi connectivity index (χ1) is 8.66. The third-order valence-electron chi connectivity index (χ3n) is 2.98. The molecule has 1 aromatic carbocycles. The number of hydrogen-bond acceptors (Lipinski definition) is 4. The van der Waals surface area contributed by atoms with Crippen molar-refractivity contribution in [3.05, 3.63) is 39.7 Å². The number of ether oxygens (including phenoxy) is 1. The maximum absolute atomic E-state index is 13.4. The minimum atomic E-state index is -0.814. The third kappa shape index (κ3) is 3.24. The van der Waals surface area contributed by atoms with Crippen LogP contribution in [0.15, 0.2) is 18.2 Å². The summed E-state index contributed by atoms with van der Waals surface area (Å²) < 4.78 is 19.0. The van der Waals surface area contributed by atoms with Crippen molar-refractivity contribution in [1.82, 2.24) is 5.32 Å². The first kappa shape index (κ1) is 12.9. The van der Waals surface area contributed by atoms with E-state index in [2.05, 4.69) is 5.32 Å². The summed E-state index contributed by atoms with van der Waals surface area (Å²) in [7, 11) is 0. The Bertz CT molecular complexity index is 433. The van der Waals surface area contributed by atoms with Crippen LogP contribution < -0.4 is 5.32 Å². The summed E-state index contributed by atoms with van der Waals surface area (Å²) >= 11 is 0. The maximum Gasteiger partial charge on any atom is 0.304 e. The molecule has 6 heteroatoms. The van der Waals surface area contributed by atoms with Gasteiger partial charge in [0.25, 0.3) is 0 Å². The first-order valence-electron chi connectivity index (χ1n) is 5.92. The second kappa shape index (κ2) is 5.88. The summed E-state index contributed by atoms with van der Waals surface area (Å²) in [5.41, 5.74) is 0.122. The summed E-state index contributed by atoms with van der Waals surface area (Å²) in [4.78, 5) is 9.74. The second-order valence-electron chi connectivity index (χ2n) is 4.30. The van der Waals surface area contributed by atoms with Gasteiger partial charge in [0.05, 0.1) is 17.6 Å². The van der Waals surface area contributed by atoms with Crippen LogP contribution in [0.2, 0.25) is 0 Å². The van der Waals surface area contributed by atoms with Crippen molar-refractivity contribution in [3.63, 3.8) is 0 Å². The second-order valence-corrected chi connectivity index (χ2v) is 4.30. The number of hydrogen-bond donors (Lipinski definition) is 1. The average molecular weight is 254 g/mol. The lowest BCUT2D eigenvalue weighted by Crippen LogP contribution is -2.32. The van der Waals surface area contributed by atoms with E-state index in [1.165, 1.54) is 18.2 Å². The number of piperidine rings is 1. The number of nitro groups is 1. The Balaban J connectivity index is 1.93. The Hall–Kier alpha value is -1.53. The highest BCUT2D eigenvalue weighted by atomic mass is 19.1. The van der Waals surface area contributed by atoms with Crippen LogP contribution in [0.5, 0.6) is 0 Å². The summed E-state index contributed by atoms with van der Waals surface area (Å²) in [6, 6.07) is 3.87. The van der Waals surface area contributed by atoms with E-state index in [9.17, 15) is 14.5 Å². The molecule has 0 unspecified atom stereocenters. The van der Waals surface area contributed by atoms with E-state index in [-0.39, 0.29) is 6.10 Å². The fourth-order valence-corrected chi connectivity index (χ4v) is 1.96. The van der Waals surface area contributed by atoms with E-state index in [0.29, 0.717) is 12.2 Å². The van der Waals surface area contributed by atoms with Crippen LogP contribution in [0.1, 0.15) is 18.4 Å². The molecule has 0 amide bonds. The molecule has 1 heterocycles. The monoisotopic (exact) mass is 254 g/mol. The van der Waals surface area contributed by atoms with Crippen LogP contribution in [-0.4, -0.2) is 24.1 Å². The fraction of sp³-hybridized carbons (Fsp3) is 0.500. The molecule has 1 saturated heterocycles. The van der Waals surface area contributed by atoms with Gasteiger partial charge in [-0.2, -0.15) is 4.39 Å². The summed E-state index contributed by atoms with van der Waals surface area (Å²) in [6.45, 7) is 2.15. The van der Waals surface area contributed by atoms with Gasteiger partial charge in [-0.15, -0.1) is 0 Å². The van der Waals surface area contributed by atoms with Gasteiger partial charge in [0.1, 0.15) is 0 Å². The van der Waals surface area contributed by atoms with Gasteiger partial charge < -0.3 is 10.1 Å². The normalized spacial score (nSPS) is 16.7. The van der Waals surface area contributed by atoms with E-state index in [1.54, 1.807) is 0 Å². The largest absolute Gasteiger partial charge is 0.373 e. The van der Waals surface area contributed by atoms with E-state index in [4.69, 9.17) is 4.74 Å². The highest BCUT2D eigenvalue weighted by molar-refractivity contribution is 5.34. The van der Waals surface area contributed by atoms with E-state index >= 15 is 0 Å². The van der Waals surface area contributed by atoms with Gasteiger partial charge in [-0.25, -0.2) is 0 Å². The molecule has 0 radical (unpaired) electrons. The Morgan fingerprint density at radius 2 is 2.17 bits per heavy atom. The number of rotatable bonds is 4. The van der Waals surface area contributed by atoms with Gasteiger partial charge in [-0.3, -0.25) is 10.1 Å². The highest BCUT2D eigenvalue weighted by Crippen LogP contribution is 2.19. The van der Waals surface area contributed by atoms with Crippen molar-refractivity contribution in [1.29, 1.82) is 0 Å². The van der Waals surface area contributed by atoms with Crippen LogP contribution in [0.4, 0.5) is 10.1 Å². The van der Waals surface area contributed by atoms with Crippen LogP contribution >= 0.6 is 0 Å². The standard InChI is InChI=1S/C12H15FN2O3/c13-11-7-9(1-2-12(11)15(16)17)8-18-10-3-5-14-6-4-10/h1-2,7,10,14H,3-6,8H2. The van der Waals surface area contributed by atoms with Gasteiger partial charge in [0.15, 0.2) is 0 Å². The number of nitrogens with zero attached hydrogens (tertiary/aromatic N) is 1. The zero-order chi connectivity index (χ0) is 13.0. The van der Waals surface area contributed by atoms with Gasteiger partial charge in [0, 0.05) is 6.07 Å². The minimum Gasteiger partial charge on any atom is -0.373 e. The van der Waals surface area contributed by atoms with Gasteiger partial charge >= 0.3 is 5.69 Å². The number of benzene rings is 1. The Kier molecular flexibility index (Phi) is 4.22. The smallest absolute Gasteiger partial charge is 0.304 e. The predicted octanol–water partition coefficient (Wildman–Crippen LogP) is 2.00. The molecule has 0 atom stereocenters. The number of nitrogens with one attached hydrogen (secondary N) is 1. The van der Waals surface area contributed by atoms with Gasteiger partial charge in [-0.05, 0) is 43.6 Å². The van der Waals surface area contributed by atoms with Crippen LogP contribution in [0.25, 0.3) is 0 Å². The molecule has 0 saturated carbocycles. The Morgan fingerprint density at radius 1 is 1.44 bits per heavy atom. The molecule has 0 aliphatic carbocycles. The van der Waals surface area contributed by atoms with Crippen molar-refractivity contribution >= 4 is 5.69 Å². The van der Waals surface area contributed by atoms with E-state index < -0.39 is 16.4 Å². The first-order valence-corrected chi connectivity index (χ1v) is 5.92. The van der Waals surface area contributed by atoms with Crippen molar-refractivity contribution in [2.45, 2.75) is 25.6 Å². The van der Waals surface area contributed by atoms with Crippen LogP contribution in [-0.2, 0) is 11.3 Å². The molecular weight excluding hydrogens is 239 g/mol. The summed E-state index contributed by atoms with van der Waals surface area (Å²) in [5.74, 6) is -0.814. The molecule has 1 N–H and O–H groups in total. The summed E-state index contributed by atoms with van der Waals surface area (Å²) in [5, 5.41) is 13.7. The number of halogens is 1. The minimum absolute atomic E-state index is 0.185. The molecule has 0 bridgehead atoms. The average Bonchev–Trinajstić information content (AvgIpc) is 2.37. The lowest BCUT2D eigenvalue weighted by Gasteiger charge is -2.22. The topological polar surface area (TPSA) is 64.4 Å². The third-order valence-corrected chi connectivity index (χ3v) is 2.98. The van der Waals surface area contributed by atoms with E-state index in [0.717, 1.165) is 25.9 Å². The van der Waals surface area contributed by atoms with Crippen LogP contribution in [0, 0.1) is 15.9 Å². The lowest BCUT2D eigenvalue weighted by molar-refractivity contribution is -0.387. The molecule has 1 aliphatic heterocycles. The zero-order valence-corrected chi connectivity index (χ0v) is 9.89. The van der Waals surface area contributed by atoms with Gasteiger partial charge in [-0.1, -0.05) is 0 Å². The quantitative estimate of drug-likeness (QED) is 0.659. The molecule has 0 spiro atoms. The molecule has 5 nitrogen and oxygen atoms in total. The molecule has 0 aromatic heterocycles. The molecule has 1 aromatic rings. The Labute approximate surface area is 104 Å². The van der Waals surface area contributed by atoms with Crippen molar-refractivity contribution < 1.29 is 14.1 Å². The van der Waals surface area contributed by atoms with Crippen molar-refractivity contribution in [2.75, 3.05) is 13.1 Å². The van der Waals surface area contributed by atoms with E-state index in [1.807, 2.05) is 0 Å². The van der Waals surface area contributed by atoms with Gasteiger partial charge in [0.2, 0.25) is 5.82 Å². The fourth-order valence-electron chi connectivity index (χ4n) is 1.96. The molecule has 1 aliphatic rings. The number of nitro benzene ring substituents is 1. The van der Waals surface area contributed by atoms with Crippen LogP contribution in [0.3, 0.4) is 0 Å². The van der Waals surface area contributed by atoms with Crippen molar-refractivity contribution in [3.8, 4) is 0 Å². The molecule has 1 fully saturated rings. The SMILES string of the molecule is O=[N+]([O-])c1ccc(COC2CCNCC2)cc1F. The maximum atomic E-state index is 13.4. The Morgan fingerprint density at radius 3 is 2.78 bits per heavy atom. The lowest BCUT2D eigenvalue weighted by atomic mass is 10.1. The predicted molar refractivity (Wildman–Crippen MR) is 63.7 cm³/mol.